The van der Waals surface area contributed by atoms with Crippen molar-refractivity contribution in [3.63, 3.8) is 0 Å². The van der Waals surface area contributed by atoms with E-state index < -0.39 is 23.0 Å². The van der Waals surface area contributed by atoms with Gasteiger partial charge >= 0.3 is 0 Å². The summed E-state index contributed by atoms with van der Waals surface area (Å²) in [6.45, 7) is 1.69. The molecule has 2 aromatic rings. The molecule has 3 nitrogen and oxygen atoms in total. The van der Waals surface area contributed by atoms with Crippen LogP contribution in [0.5, 0.6) is 0 Å². The van der Waals surface area contributed by atoms with Gasteiger partial charge in [0.05, 0.1) is 12.0 Å². The maximum atomic E-state index is 13.6. The second-order valence-corrected chi connectivity index (χ2v) is 3.66. The highest BCUT2D eigenvalue weighted by Crippen LogP contribution is 2.25. The zero-order chi connectivity index (χ0) is 13.3. The molecule has 0 spiro atoms. The largest absolute Gasteiger partial charge is 0.313 e. The molecule has 2 rings (SSSR count). The number of nitrogens with zero attached hydrogens (tertiary/aromatic N) is 1. The van der Waals surface area contributed by atoms with Crippen molar-refractivity contribution in [3.05, 3.63) is 51.8 Å². The van der Waals surface area contributed by atoms with Crippen LogP contribution in [0.4, 0.5) is 13.2 Å². The van der Waals surface area contributed by atoms with Gasteiger partial charge in [-0.05, 0) is 12.5 Å². The molecule has 1 N–H and O–H groups in total. The number of aromatic amines is 1. The number of hydrogen-bond donors (Lipinski definition) is 1. The zero-order valence-corrected chi connectivity index (χ0v) is 9.43. The van der Waals surface area contributed by atoms with E-state index in [2.05, 4.69) is 9.97 Å². The molecule has 1 heterocycles. The first-order valence-electron chi connectivity index (χ1n) is 5.26. The van der Waals surface area contributed by atoms with Gasteiger partial charge in [-0.25, -0.2) is 18.2 Å². The molecule has 0 saturated heterocycles. The first-order valence-corrected chi connectivity index (χ1v) is 5.26. The number of nitrogens with one attached hydrogen (secondary N) is 1. The monoisotopic (exact) mass is 254 g/mol. The summed E-state index contributed by atoms with van der Waals surface area (Å²) in [4.78, 5) is 17.7. The van der Waals surface area contributed by atoms with Crippen molar-refractivity contribution in [3.8, 4) is 11.3 Å². The third-order valence-electron chi connectivity index (χ3n) is 2.57. The highest BCUT2D eigenvalue weighted by atomic mass is 19.2. The summed E-state index contributed by atoms with van der Waals surface area (Å²) in [5.74, 6) is -3.42. The summed E-state index contributed by atoms with van der Waals surface area (Å²) in [6, 6.07) is 1.14. The van der Waals surface area contributed by atoms with E-state index in [1.54, 1.807) is 6.92 Å². The molecule has 0 aliphatic carbocycles. The maximum absolute atomic E-state index is 13.6. The quantitative estimate of drug-likeness (QED) is 0.836. The van der Waals surface area contributed by atoms with Crippen LogP contribution in [0.1, 0.15) is 12.5 Å². The van der Waals surface area contributed by atoms with Gasteiger partial charge in [0.15, 0.2) is 11.6 Å². The Kier molecular flexibility index (Phi) is 3.18. The van der Waals surface area contributed by atoms with E-state index in [0.717, 1.165) is 6.33 Å². The van der Waals surface area contributed by atoms with E-state index in [-0.39, 0.29) is 16.8 Å². The van der Waals surface area contributed by atoms with Crippen LogP contribution in [0.3, 0.4) is 0 Å². The molecular weight excluding hydrogens is 245 g/mol. The summed E-state index contributed by atoms with van der Waals surface area (Å²) >= 11 is 0. The molecule has 0 aliphatic heterocycles. The van der Waals surface area contributed by atoms with Crippen molar-refractivity contribution in [2.75, 3.05) is 0 Å². The van der Waals surface area contributed by atoms with Gasteiger partial charge in [-0.1, -0.05) is 6.92 Å². The van der Waals surface area contributed by atoms with Gasteiger partial charge < -0.3 is 4.98 Å². The van der Waals surface area contributed by atoms with Crippen molar-refractivity contribution >= 4 is 0 Å². The Morgan fingerprint density at radius 2 is 1.83 bits per heavy atom. The Labute approximate surface area is 100 Å². The van der Waals surface area contributed by atoms with E-state index in [1.165, 1.54) is 0 Å². The lowest BCUT2D eigenvalue weighted by Crippen LogP contribution is -2.14. The first-order chi connectivity index (χ1) is 8.54. The molecule has 0 saturated carbocycles. The van der Waals surface area contributed by atoms with Crippen molar-refractivity contribution in [1.29, 1.82) is 0 Å². The lowest BCUT2D eigenvalue weighted by molar-refractivity contribution is 0.496. The fraction of sp³-hybridized carbons (Fsp3) is 0.167. The van der Waals surface area contributed by atoms with Gasteiger partial charge in [-0.15, -0.1) is 0 Å². The summed E-state index contributed by atoms with van der Waals surface area (Å²) in [7, 11) is 0. The molecule has 18 heavy (non-hydrogen) atoms. The fourth-order valence-corrected chi connectivity index (χ4v) is 1.69. The average Bonchev–Trinajstić information content (AvgIpc) is 2.33. The van der Waals surface area contributed by atoms with Gasteiger partial charge in [0.25, 0.3) is 5.56 Å². The highest BCUT2D eigenvalue weighted by Gasteiger charge is 2.16. The van der Waals surface area contributed by atoms with Crippen LogP contribution in [-0.4, -0.2) is 9.97 Å². The molecule has 0 unspecified atom stereocenters. The minimum Gasteiger partial charge on any atom is -0.313 e. The number of benzene rings is 1. The molecule has 0 radical (unpaired) electrons. The number of hydrogen-bond acceptors (Lipinski definition) is 2. The van der Waals surface area contributed by atoms with Crippen LogP contribution in [0.15, 0.2) is 23.3 Å². The van der Waals surface area contributed by atoms with Crippen molar-refractivity contribution < 1.29 is 13.2 Å². The minimum absolute atomic E-state index is 0.0256. The summed E-state index contributed by atoms with van der Waals surface area (Å²) in [5, 5.41) is 0. The number of aromatic nitrogens is 2. The van der Waals surface area contributed by atoms with Crippen molar-refractivity contribution in [2.45, 2.75) is 13.3 Å². The SMILES string of the molecule is CCc1c(-c2cc(F)c(F)cc2F)nc[nH]c1=O. The molecular formula is C12H9F3N2O. The third-order valence-corrected chi connectivity index (χ3v) is 2.57. The van der Waals surface area contributed by atoms with E-state index in [9.17, 15) is 18.0 Å². The number of H-pyrrole nitrogens is 1. The topological polar surface area (TPSA) is 45.8 Å². The Morgan fingerprint density at radius 1 is 1.17 bits per heavy atom. The van der Waals surface area contributed by atoms with E-state index in [0.29, 0.717) is 18.6 Å². The lowest BCUT2D eigenvalue weighted by Gasteiger charge is -2.07. The molecule has 0 atom stereocenters. The molecule has 1 aromatic heterocycles. The molecule has 94 valence electrons. The number of halogens is 3. The van der Waals surface area contributed by atoms with Gasteiger partial charge in [0, 0.05) is 17.2 Å². The summed E-state index contributed by atoms with van der Waals surface area (Å²) in [5.41, 5.74) is -0.399. The van der Waals surface area contributed by atoms with E-state index in [4.69, 9.17) is 0 Å². The van der Waals surface area contributed by atoms with Crippen molar-refractivity contribution in [2.24, 2.45) is 0 Å². The minimum atomic E-state index is -1.28. The standard InChI is InChI=1S/C12H9F3N2O/c1-2-6-11(16-5-17-12(6)18)7-3-9(14)10(15)4-8(7)13/h3-5H,2H2,1H3,(H,16,17,18). The molecule has 0 aliphatic rings. The van der Waals surface area contributed by atoms with Crippen LogP contribution in [0.25, 0.3) is 11.3 Å². The predicted molar refractivity (Wildman–Crippen MR) is 59.5 cm³/mol. The molecule has 6 heteroatoms. The van der Waals surface area contributed by atoms with Crippen LogP contribution >= 0.6 is 0 Å². The van der Waals surface area contributed by atoms with Crippen LogP contribution in [0.2, 0.25) is 0 Å². The fourth-order valence-electron chi connectivity index (χ4n) is 1.69. The normalized spacial score (nSPS) is 10.7. The Bertz CT molecular complexity index is 652. The summed E-state index contributed by atoms with van der Waals surface area (Å²) in [6.07, 6.45) is 1.40. The Hall–Kier alpha value is -2.11. The molecule has 0 bridgehead atoms. The second-order valence-electron chi connectivity index (χ2n) is 3.66. The Balaban J connectivity index is 2.73. The lowest BCUT2D eigenvalue weighted by atomic mass is 10.0. The van der Waals surface area contributed by atoms with Crippen LogP contribution in [0, 0.1) is 17.5 Å². The van der Waals surface area contributed by atoms with Crippen molar-refractivity contribution in [1.82, 2.24) is 9.97 Å². The van der Waals surface area contributed by atoms with Crippen LogP contribution < -0.4 is 5.56 Å². The van der Waals surface area contributed by atoms with Crippen LogP contribution in [-0.2, 0) is 6.42 Å². The van der Waals surface area contributed by atoms with Gasteiger partial charge in [0.2, 0.25) is 0 Å². The third kappa shape index (κ3) is 2.01. The molecule has 1 aromatic carbocycles. The first kappa shape index (κ1) is 12.3. The van der Waals surface area contributed by atoms with Gasteiger partial charge in [0.1, 0.15) is 5.82 Å². The smallest absolute Gasteiger partial charge is 0.254 e. The maximum Gasteiger partial charge on any atom is 0.254 e. The molecule has 0 amide bonds. The zero-order valence-electron chi connectivity index (χ0n) is 9.43. The van der Waals surface area contributed by atoms with Gasteiger partial charge in [-0.2, -0.15) is 0 Å². The molecule has 0 fully saturated rings. The van der Waals surface area contributed by atoms with E-state index in [1.807, 2.05) is 0 Å². The highest BCUT2D eigenvalue weighted by molar-refractivity contribution is 5.63. The predicted octanol–water partition coefficient (Wildman–Crippen LogP) is 2.42. The second kappa shape index (κ2) is 4.64. The average molecular weight is 254 g/mol. The van der Waals surface area contributed by atoms with E-state index >= 15 is 0 Å². The van der Waals surface area contributed by atoms with Gasteiger partial charge in [-0.3, -0.25) is 4.79 Å². The number of rotatable bonds is 2. The Morgan fingerprint density at radius 3 is 2.50 bits per heavy atom. The summed E-state index contributed by atoms with van der Waals surface area (Å²) < 4.78 is 39.6.